The van der Waals surface area contributed by atoms with Crippen LogP contribution in [0.2, 0.25) is 0 Å². The molecule has 0 saturated carbocycles. The number of amides is 1. The number of nitrogens with one attached hydrogen (secondary N) is 2. The standard InChI is InChI=1S/C13H12N2O/c16-13-12(11-7-3-4-8-14-11)9-5-1-2-6-10(9)15-13/h1-8,11-12,14H,(H,15,16). The molecule has 1 aromatic rings. The predicted octanol–water partition coefficient (Wildman–Crippen LogP) is 1.76. The van der Waals surface area contributed by atoms with Crippen LogP contribution in [0.25, 0.3) is 0 Å². The lowest BCUT2D eigenvalue weighted by Gasteiger charge is -2.21. The smallest absolute Gasteiger partial charge is 0.234 e. The maximum absolute atomic E-state index is 11.9. The van der Waals surface area contributed by atoms with Gasteiger partial charge in [-0.3, -0.25) is 4.79 Å². The van der Waals surface area contributed by atoms with Crippen LogP contribution in [0.15, 0.2) is 48.7 Å². The van der Waals surface area contributed by atoms with E-state index in [1.807, 2.05) is 48.7 Å². The molecule has 16 heavy (non-hydrogen) atoms. The number of anilines is 1. The van der Waals surface area contributed by atoms with Crippen LogP contribution in [-0.4, -0.2) is 11.9 Å². The summed E-state index contributed by atoms with van der Waals surface area (Å²) in [7, 11) is 0. The van der Waals surface area contributed by atoms with Crippen molar-refractivity contribution in [3.05, 3.63) is 54.3 Å². The number of benzene rings is 1. The van der Waals surface area contributed by atoms with Gasteiger partial charge in [-0.15, -0.1) is 0 Å². The van der Waals surface area contributed by atoms with Gasteiger partial charge in [0, 0.05) is 5.69 Å². The molecule has 2 aliphatic rings. The molecule has 1 amide bonds. The van der Waals surface area contributed by atoms with Gasteiger partial charge in [-0.25, -0.2) is 0 Å². The Morgan fingerprint density at radius 2 is 2.00 bits per heavy atom. The molecular formula is C13H12N2O. The Hall–Kier alpha value is -2.03. The Kier molecular flexibility index (Phi) is 2.03. The SMILES string of the molecule is O=C1Nc2ccccc2C1C1C=CC=CN1. The number of carbonyl (C=O) groups excluding carboxylic acids is 1. The molecule has 2 heterocycles. The number of allylic oxidation sites excluding steroid dienone is 2. The van der Waals surface area contributed by atoms with E-state index >= 15 is 0 Å². The van der Waals surface area contributed by atoms with Crippen molar-refractivity contribution in [1.82, 2.24) is 5.32 Å². The van der Waals surface area contributed by atoms with Crippen LogP contribution in [0, 0.1) is 0 Å². The summed E-state index contributed by atoms with van der Waals surface area (Å²) >= 11 is 0. The maximum Gasteiger partial charge on any atom is 0.234 e. The lowest BCUT2D eigenvalue weighted by molar-refractivity contribution is -0.117. The first-order chi connectivity index (χ1) is 7.86. The van der Waals surface area contributed by atoms with E-state index in [0.29, 0.717) is 0 Å². The van der Waals surface area contributed by atoms with Crippen LogP contribution in [0.1, 0.15) is 11.5 Å². The van der Waals surface area contributed by atoms with Crippen LogP contribution in [0.5, 0.6) is 0 Å². The van der Waals surface area contributed by atoms with Crippen LogP contribution < -0.4 is 10.6 Å². The van der Waals surface area contributed by atoms with Crippen molar-refractivity contribution in [2.45, 2.75) is 12.0 Å². The summed E-state index contributed by atoms with van der Waals surface area (Å²) in [6.07, 6.45) is 7.79. The fourth-order valence-electron chi connectivity index (χ4n) is 2.26. The first-order valence-corrected chi connectivity index (χ1v) is 5.35. The highest BCUT2D eigenvalue weighted by molar-refractivity contribution is 6.03. The highest BCUT2D eigenvalue weighted by atomic mass is 16.2. The van der Waals surface area contributed by atoms with E-state index in [9.17, 15) is 4.79 Å². The average molecular weight is 212 g/mol. The lowest BCUT2D eigenvalue weighted by atomic mass is 9.92. The zero-order valence-corrected chi connectivity index (χ0v) is 8.68. The molecule has 0 radical (unpaired) electrons. The molecule has 0 fully saturated rings. The van der Waals surface area contributed by atoms with Crippen LogP contribution in [-0.2, 0) is 4.79 Å². The zero-order valence-electron chi connectivity index (χ0n) is 8.68. The number of fused-ring (bicyclic) bond motifs is 1. The van der Waals surface area contributed by atoms with E-state index in [-0.39, 0.29) is 17.9 Å². The Morgan fingerprint density at radius 1 is 1.12 bits per heavy atom. The fraction of sp³-hybridized carbons (Fsp3) is 0.154. The van der Waals surface area contributed by atoms with Crippen molar-refractivity contribution < 1.29 is 4.79 Å². The largest absolute Gasteiger partial charge is 0.384 e. The molecule has 0 saturated heterocycles. The summed E-state index contributed by atoms with van der Waals surface area (Å²) in [5.74, 6) is -0.0592. The van der Waals surface area contributed by atoms with Crippen molar-refractivity contribution in [1.29, 1.82) is 0 Å². The number of para-hydroxylation sites is 1. The number of rotatable bonds is 1. The summed E-state index contributed by atoms with van der Waals surface area (Å²) in [5.41, 5.74) is 2.01. The van der Waals surface area contributed by atoms with Crippen LogP contribution >= 0.6 is 0 Å². The van der Waals surface area contributed by atoms with Gasteiger partial charge in [-0.1, -0.05) is 30.4 Å². The second kappa shape index (κ2) is 3.52. The molecule has 0 spiro atoms. The molecule has 3 rings (SSSR count). The maximum atomic E-state index is 11.9. The minimum absolute atomic E-state index is 0.0497. The molecule has 2 N–H and O–H groups in total. The molecule has 0 bridgehead atoms. The molecule has 3 nitrogen and oxygen atoms in total. The van der Waals surface area contributed by atoms with Crippen molar-refractivity contribution in [2.24, 2.45) is 0 Å². The summed E-state index contributed by atoms with van der Waals surface area (Å²) in [4.78, 5) is 11.9. The van der Waals surface area contributed by atoms with Crippen molar-refractivity contribution >= 4 is 11.6 Å². The van der Waals surface area contributed by atoms with E-state index in [2.05, 4.69) is 10.6 Å². The minimum atomic E-state index is -0.127. The molecule has 80 valence electrons. The summed E-state index contributed by atoms with van der Waals surface area (Å²) in [6, 6.07) is 7.90. The fourth-order valence-corrected chi connectivity index (χ4v) is 2.26. The highest BCUT2D eigenvalue weighted by Gasteiger charge is 2.35. The minimum Gasteiger partial charge on any atom is -0.384 e. The molecular weight excluding hydrogens is 200 g/mol. The topological polar surface area (TPSA) is 41.1 Å². The van der Waals surface area contributed by atoms with Gasteiger partial charge in [-0.05, 0) is 23.9 Å². The second-order valence-corrected chi connectivity index (χ2v) is 3.99. The normalized spacial score (nSPS) is 26.1. The molecule has 2 atom stereocenters. The number of hydrogen-bond donors (Lipinski definition) is 2. The van der Waals surface area contributed by atoms with Gasteiger partial charge in [-0.2, -0.15) is 0 Å². The Bertz CT molecular complexity index is 490. The number of carbonyl (C=O) groups is 1. The highest BCUT2D eigenvalue weighted by Crippen LogP contribution is 2.35. The molecule has 0 aliphatic carbocycles. The predicted molar refractivity (Wildman–Crippen MR) is 63.0 cm³/mol. The van der Waals surface area contributed by atoms with E-state index in [1.54, 1.807) is 0 Å². The third-order valence-corrected chi connectivity index (χ3v) is 3.01. The average Bonchev–Trinajstić information content (AvgIpc) is 2.66. The van der Waals surface area contributed by atoms with Gasteiger partial charge in [0.15, 0.2) is 0 Å². The number of dihydropyridines is 1. The van der Waals surface area contributed by atoms with Crippen LogP contribution in [0.4, 0.5) is 5.69 Å². The molecule has 3 heteroatoms. The summed E-state index contributed by atoms with van der Waals surface area (Å²) < 4.78 is 0. The van der Waals surface area contributed by atoms with Gasteiger partial charge in [0.05, 0.1) is 12.0 Å². The molecule has 2 unspecified atom stereocenters. The van der Waals surface area contributed by atoms with Gasteiger partial charge in [0.1, 0.15) is 0 Å². The summed E-state index contributed by atoms with van der Waals surface area (Å²) in [6.45, 7) is 0. The molecule has 2 aliphatic heterocycles. The van der Waals surface area contributed by atoms with Crippen molar-refractivity contribution in [3.63, 3.8) is 0 Å². The van der Waals surface area contributed by atoms with E-state index in [0.717, 1.165) is 11.3 Å². The Balaban J connectivity index is 1.99. The first kappa shape index (κ1) is 9.21. The van der Waals surface area contributed by atoms with Gasteiger partial charge < -0.3 is 10.6 Å². The van der Waals surface area contributed by atoms with Gasteiger partial charge in [0.25, 0.3) is 0 Å². The molecule has 1 aromatic carbocycles. The zero-order chi connectivity index (χ0) is 11.0. The monoisotopic (exact) mass is 212 g/mol. The van der Waals surface area contributed by atoms with E-state index in [1.165, 1.54) is 0 Å². The molecule has 0 aromatic heterocycles. The van der Waals surface area contributed by atoms with Crippen molar-refractivity contribution in [3.8, 4) is 0 Å². The van der Waals surface area contributed by atoms with Crippen molar-refractivity contribution in [2.75, 3.05) is 5.32 Å². The third-order valence-electron chi connectivity index (χ3n) is 3.01. The number of hydrogen-bond acceptors (Lipinski definition) is 2. The van der Waals surface area contributed by atoms with E-state index < -0.39 is 0 Å². The quantitative estimate of drug-likeness (QED) is 0.744. The lowest BCUT2D eigenvalue weighted by Crippen LogP contribution is -2.34. The summed E-state index contributed by atoms with van der Waals surface area (Å²) in [5, 5.41) is 6.11. The van der Waals surface area contributed by atoms with Crippen LogP contribution in [0.3, 0.4) is 0 Å². The second-order valence-electron chi connectivity index (χ2n) is 3.99. The third kappa shape index (κ3) is 1.33. The van der Waals surface area contributed by atoms with Gasteiger partial charge in [0.2, 0.25) is 5.91 Å². The van der Waals surface area contributed by atoms with Gasteiger partial charge >= 0.3 is 0 Å². The first-order valence-electron chi connectivity index (χ1n) is 5.35. The Labute approximate surface area is 93.9 Å². The Morgan fingerprint density at radius 3 is 2.81 bits per heavy atom. The van der Waals surface area contributed by atoms with E-state index in [4.69, 9.17) is 0 Å².